The van der Waals surface area contributed by atoms with E-state index >= 15 is 0 Å². The van der Waals surface area contributed by atoms with Crippen LogP contribution in [0, 0.1) is 0 Å². The van der Waals surface area contributed by atoms with Crippen molar-refractivity contribution in [2.45, 2.75) is 39.0 Å². The Labute approximate surface area is 135 Å². The van der Waals surface area contributed by atoms with Crippen LogP contribution in [0.15, 0.2) is 6.07 Å². The minimum absolute atomic E-state index is 0.104. The minimum Gasteiger partial charge on any atom is -0.508 e. The van der Waals surface area contributed by atoms with E-state index < -0.39 is 5.97 Å². The van der Waals surface area contributed by atoms with Crippen molar-refractivity contribution in [1.29, 1.82) is 0 Å². The van der Waals surface area contributed by atoms with E-state index in [1.165, 1.54) is 13.2 Å². The van der Waals surface area contributed by atoms with Crippen LogP contribution in [0.2, 0.25) is 0 Å². The van der Waals surface area contributed by atoms with E-state index in [4.69, 9.17) is 0 Å². The van der Waals surface area contributed by atoms with E-state index in [0.717, 1.165) is 19.3 Å². The monoisotopic (exact) mass is 321 g/mol. The highest BCUT2D eigenvalue weighted by Crippen LogP contribution is 2.34. The molecule has 0 unspecified atom stereocenters. The van der Waals surface area contributed by atoms with E-state index in [1.54, 1.807) is 4.90 Å². The second kappa shape index (κ2) is 7.35. The fourth-order valence-electron chi connectivity index (χ4n) is 3.05. The predicted molar refractivity (Wildman–Crippen MR) is 84.6 cm³/mol. The van der Waals surface area contributed by atoms with Crippen molar-refractivity contribution in [3.05, 3.63) is 22.8 Å². The molecule has 0 aliphatic carbocycles. The number of esters is 1. The highest BCUT2D eigenvalue weighted by Gasteiger charge is 2.28. The quantitative estimate of drug-likeness (QED) is 0.828. The zero-order valence-corrected chi connectivity index (χ0v) is 13.6. The van der Waals surface area contributed by atoms with Crippen molar-refractivity contribution in [1.82, 2.24) is 4.90 Å². The second-order valence-electron chi connectivity index (χ2n) is 5.71. The highest BCUT2D eigenvalue weighted by molar-refractivity contribution is 6.00. The average Bonchev–Trinajstić information content (AvgIpc) is 2.55. The molecule has 1 saturated heterocycles. The third kappa shape index (κ3) is 3.57. The summed E-state index contributed by atoms with van der Waals surface area (Å²) >= 11 is 0. The predicted octanol–water partition coefficient (Wildman–Crippen LogP) is 2.00. The number of amides is 1. The molecule has 1 aliphatic heterocycles. The van der Waals surface area contributed by atoms with Gasteiger partial charge >= 0.3 is 5.97 Å². The number of phenols is 2. The molecule has 23 heavy (non-hydrogen) atoms. The number of carbonyl (C=O) groups excluding carboxylic acids is 2. The molecule has 1 heterocycles. The van der Waals surface area contributed by atoms with Gasteiger partial charge in [-0.2, -0.15) is 0 Å². The number of aromatic hydroxyl groups is 2. The van der Waals surface area contributed by atoms with Gasteiger partial charge in [-0.05, 0) is 36.8 Å². The Morgan fingerprint density at radius 3 is 2.35 bits per heavy atom. The van der Waals surface area contributed by atoms with Gasteiger partial charge in [-0.3, -0.25) is 9.59 Å². The van der Waals surface area contributed by atoms with Crippen LogP contribution in [0.3, 0.4) is 0 Å². The van der Waals surface area contributed by atoms with Gasteiger partial charge in [0.1, 0.15) is 11.5 Å². The topological polar surface area (TPSA) is 87.1 Å². The Hall–Kier alpha value is -2.24. The van der Waals surface area contributed by atoms with Crippen LogP contribution < -0.4 is 0 Å². The van der Waals surface area contributed by atoms with Gasteiger partial charge < -0.3 is 19.8 Å². The van der Waals surface area contributed by atoms with Crippen molar-refractivity contribution in [2.24, 2.45) is 0 Å². The molecular formula is C17H23NO5. The molecule has 1 aromatic rings. The Balaban J connectivity index is 2.50. The van der Waals surface area contributed by atoms with Crippen LogP contribution in [0.5, 0.6) is 11.5 Å². The van der Waals surface area contributed by atoms with Crippen molar-refractivity contribution in [3.8, 4) is 11.5 Å². The summed E-state index contributed by atoms with van der Waals surface area (Å²) in [6.07, 6.45) is 3.23. The fourth-order valence-corrected chi connectivity index (χ4v) is 3.05. The Kier molecular flexibility index (Phi) is 5.47. The number of phenolic OH excluding ortho intramolecular Hbond substituents is 2. The zero-order chi connectivity index (χ0) is 17.0. The van der Waals surface area contributed by atoms with Crippen molar-refractivity contribution in [2.75, 3.05) is 20.2 Å². The van der Waals surface area contributed by atoms with E-state index in [0.29, 0.717) is 30.6 Å². The van der Waals surface area contributed by atoms with Crippen molar-refractivity contribution in [3.63, 3.8) is 0 Å². The van der Waals surface area contributed by atoms with Crippen LogP contribution in [-0.2, 0) is 22.4 Å². The van der Waals surface area contributed by atoms with Crippen molar-refractivity contribution >= 4 is 11.9 Å². The van der Waals surface area contributed by atoms with Crippen molar-refractivity contribution < 1.29 is 24.5 Å². The average molecular weight is 321 g/mol. The number of piperidine rings is 1. The van der Waals surface area contributed by atoms with Crippen LogP contribution in [-0.4, -0.2) is 47.2 Å². The summed E-state index contributed by atoms with van der Waals surface area (Å²) < 4.78 is 4.69. The van der Waals surface area contributed by atoms with Crippen LogP contribution >= 0.6 is 0 Å². The first kappa shape index (κ1) is 17.1. The number of rotatable bonds is 4. The van der Waals surface area contributed by atoms with Gasteiger partial charge in [0.15, 0.2) is 0 Å². The van der Waals surface area contributed by atoms with E-state index in [9.17, 15) is 19.8 Å². The van der Waals surface area contributed by atoms with Gasteiger partial charge in [0.05, 0.1) is 19.1 Å². The summed E-state index contributed by atoms with van der Waals surface area (Å²) in [5.74, 6) is -1.22. The Morgan fingerprint density at radius 1 is 1.13 bits per heavy atom. The molecule has 1 aliphatic rings. The second-order valence-corrected chi connectivity index (χ2v) is 5.71. The maximum absolute atomic E-state index is 12.8. The molecule has 2 N–H and O–H groups in total. The first-order chi connectivity index (χ1) is 11.0. The van der Waals surface area contributed by atoms with Gasteiger partial charge in [0, 0.05) is 19.2 Å². The molecule has 6 heteroatoms. The summed E-state index contributed by atoms with van der Waals surface area (Å²) in [5.41, 5.74) is 0.952. The standard InChI is InChI=1S/C17H23NO5/c1-3-11-12(9-15(21)23-2)16(14(20)10-13(11)19)17(22)18-7-5-4-6-8-18/h10,19-20H,3-9H2,1-2H3. The van der Waals surface area contributed by atoms with E-state index in [1.807, 2.05) is 6.92 Å². The lowest BCUT2D eigenvalue weighted by atomic mass is 9.93. The summed E-state index contributed by atoms with van der Waals surface area (Å²) in [6.45, 7) is 3.10. The lowest BCUT2D eigenvalue weighted by Crippen LogP contribution is -2.36. The fraction of sp³-hybridized carbons (Fsp3) is 0.529. The highest BCUT2D eigenvalue weighted by atomic mass is 16.5. The van der Waals surface area contributed by atoms with Gasteiger partial charge in [-0.15, -0.1) is 0 Å². The number of hydrogen-bond donors (Lipinski definition) is 2. The first-order valence-corrected chi connectivity index (χ1v) is 7.92. The molecule has 6 nitrogen and oxygen atoms in total. The Morgan fingerprint density at radius 2 is 1.78 bits per heavy atom. The molecule has 2 rings (SSSR count). The summed E-state index contributed by atoms with van der Waals surface area (Å²) in [5, 5.41) is 20.3. The molecule has 1 fully saturated rings. The largest absolute Gasteiger partial charge is 0.508 e. The Bertz CT molecular complexity index is 605. The SMILES string of the molecule is CCc1c(O)cc(O)c(C(=O)N2CCCCC2)c1CC(=O)OC. The molecule has 1 aromatic carbocycles. The lowest BCUT2D eigenvalue weighted by Gasteiger charge is -2.28. The third-order valence-corrected chi connectivity index (χ3v) is 4.26. The first-order valence-electron chi connectivity index (χ1n) is 7.92. The molecule has 0 aromatic heterocycles. The third-order valence-electron chi connectivity index (χ3n) is 4.26. The summed E-state index contributed by atoms with van der Waals surface area (Å²) in [4.78, 5) is 26.2. The maximum atomic E-state index is 12.8. The number of methoxy groups -OCH3 is 1. The minimum atomic E-state index is -0.516. The normalized spacial score (nSPS) is 14.6. The number of carbonyl (C=O) groups is 2. The van der Waals surface area contributed by atoms with Crippen LogP contribution in [0.25, 0.3) is 0 Å². The molecule has 0 atom stereocenters. The van der Waals surface area contributed by atoms with Gasteiger partial charge in [-0.25, -0.2) is 0 Å². The summed E-state index contributed by atoms with van der Waals surface area (Å²) in [7, 11) is 1.27. The van der Waals surface area contributed by atoms with Crippen LogP contribution in [0.4, 0.5) is 0 Å². The van der Waals surface area contributed by atoms with E-state index in [-0.39, 0.29) is 29.4 Å². The number of benzene rings is 1. The summed E-state index contributed by atoms with van der Waals surface area (Å²) in [6, 6.07) is 1.18. The molecule has 0 radical (unpaired) electrons. The van der Waals surface area contributed by atoms with Gasteiger partial charge in [0.25, 0.3) is 5.91 Å². The smallest absolute Gasteiger partial charge is 0.310 e. The maximum Gasteiger partial charge on any atom is 0.310 e. The molecule has 0 saturated carbocycles. The lowest BCUT2D eigenvalue weighted by molar-refractivity contribution is -0.139. The van der Waals surface area contributed by atoms with Gasteiger partial charge in [0.2, 0.25) is 0 Å². The number of hydrogen-bond acceptors (Lipinski definition) is 5. The van der Waals surface area contributed by atoms with Crippen LogP contribution in [0.1, 0.15) is 47.7 Å². The van der Waals surface area contributed by atoms with E-state index in [2.05, 4.69) is 4.74 Å². The molecule has 0 spiro atoms. The number of ether oxygens (including phenoxy) is 1. The zero-order valence-electron chi connectivity index (χ0n) is 13.6. The number of likely N-dealkylation sites (tertiary alicyclic amines) is 1. The molecule has 0 bridgehead atoms. The molecule has 126 valence electrons. The number of nitrogens with zero attached hydrogens (tertiary/aromatic N) is 1. The molecular weight excluding hydrogens is 298 g/mol. The molecule has 1 amide bonds. The van der Waals surface area contributed by atoms with Gasteiger partial charge in [-0.1, -0.05) is 6.92 Å².